The molecule has 0 amide bonds. The van der Waals surface area contributed by atoms with Gasteiger partial charge >= 0.3 is 0 Å². The molecule has 0 aliphatic heterocycles. The lowest BCUT2D eigenvalue weighted by atomic mass is 9.79. The van der Waals surface area contributed by atoms with Gasteiger partial charge in [0.25, 0.3) is 0 Å². The van der Waals surface area contributed by atoms with Gasteiger partial charge < -0.3 is 0 Å². The summed E-state index contributed by atoms with van der Waals surface area (Å²) >= 11 is 15.1. The number of nitrogens with zero attached hydrogens (tertiary/aromatic N) is 2. The lowest BCUT2D eigenvalue weighted by Gasteiger charge is -2.26. The van der Waals surface area contributed by atoms with E-state index in [1.807, 2.05) is 12.1 Å². The molecule has 0 saturated heterocycles. The zero-order chi connectivity index (χ0) is 45.7. The number of aromatic nitrogens is 2. The molecule has 0 bridgehead atoms. The summed E-state index contributed by atoms with van der Waals surface area (Å²) in [6.45, 7) is 27.4. The molecule has 2 aromatic heterocycles. The van der Waals surface area contributed by atoms with Crippen molar-refractivity contribution in [2.45, 2.75) is 105 Å². The van der Waals surface area contributed by atoms with Crippen molar-refractivity contribution in [3.05, 3.63) is 166 Å². The average molecular weight is 878 g/mol. The van der Waals surface area contributed by atoms with Crippen LogP contribution in [0.1, 0.15) is 105 Å². The van der Waals surface area contributed by atoms with Crippen LogP contribution in [0.25, 0.3) is 88.1 Å². The standard InChI is InChI=1S/C60H58Cl2N2/c1-57(2,3)37-27-35(28-38(31-37)58(4,5)6)51-33-45(41-19-13-15-25-49(41)63-51)53-43-21-17-24-48(62)56(43)54(44-22-18-23-47(61)55(44)53)46-34-52(64-50-26-16-14-20-42(46)50)36-29-39(59(7,8)9)32-40(30-36)60(10,11)12/h13-34H,1-12H3. The summed E-state index contributed by atoms with van der Waals surface area (Å²) in [4.78, 5) is 10.8. The Morgan fingerprint density at radius 1 is 0.344 bits per heavy atom. The normalized spacial score (nSPS) is 12.8. The molecule has 2 heterocycles. The highest BCUT2D eigenvalue weighted by atomic mass is 35.5. The van der Waals surface area contributed by atoms with Crippen LogP contribution in [-0.4, -0.2) is 9.97 Å². The molecule has 9 rings (SSSR count). The smallest absolute Gasteiger partial charge is 0.0716 e. The molecule has 0 N–H and O–H groups in total. The molecule has 0 fully saturated rings. The molecule has 64 heavy (non-hydrogen) atoms. The van der Waals surface area contributed by atoms with Crippen LogP contribution >= 0.6 is 23.2 Å². The monoisotopic (exact) mass is 876 g/mol. The number of benzene rings is 7. The van der Waals surface area contributed by atoms with Gasteiger partial charge in [-0.05, 0) is 138 Å². The van der Waals surface area contributed by atoms with E-state index < -0.39 is 0 Å². The topological polar surface area (TPSA) is 25.8 Å². The molecule has 2 nitrogen and oxygen atoms in total. The SMILES string of the molecule is CC(C)(C)c1cc(-c2cc(-c3c4cccc(Cl)c4c(-c4cc(-c5cc(C(C)(C)C)cc(C(C)(C)C)c5)nc5ccccc45)c4cccc(Cl)c34)c3ccccc3n2)cc(C(C)(C)C)c1. The lowest BCUT2D eigenvalue weighted by Crippen LogP contribution is -2.16. The van der Waals surface area contributed by atoms with E-state index in [0.29, 0.717) is 10.0 Å². The summed E-state index contributed by atoms with van der Waals surface area (Å²) in [6.07, 6.45) is 0. The van der Waals surface area contributed by atoms with Crippen molar-refractivity contribution in [1.29, 1.82) is 0 Å². The molecule has 0 aliphatic rings. The average Bonchev–Trinajstić information content (AvgIpc) is 3.23. The lowest BCUT2D eigenvalue weighted by molar-refractivity contribution is 0.568. The van der Waals surface area contributed by atoms with Gasteiger partial charge in [0.15, 0.2) is 0 Å². The number of para-hydroxylation sites is 2. The van der Waals surface area contributed by atoms with Gasteiger partial charge in [-0.25, -0.2) is 9.97 Å². The third kappa shape index (κ3) is 7.88. The summed E-state index contributed by atoms with van der Waals surface area (Å²) < 4.78 is 0. The second kappa shape index (κ2) is 15.6. The number of rotatable bonds is 4. The second-order valence-electron chi connectivity index (χ2n) is 21.8. The minimum atomic E-state index is -0.0521. The maximum atomic E-state index is 7.57. The first kappa shape index (κ1) is 43.7. The van der Waals surface area contributed by atoms with Gasteiger partial charge in [0.1, 0.15) is 0 Å². The molecule has 322 valence electrons. The van der Waals surface area contributed by atoms with Crippen LogP contribution in [0.3, 0.4) is 0 Å². The largest absolute Gasteiger partial charge is 0.248 e. The van der Waals surface area contributed by atoms with Crippen molar-refractivity contribution in [2.75, 3.05) is 0 Å². The first-order chi connectivity index (χ1) is 30.1. The summed E-state index contributed by atoms with van der Waals surface area (Å²) in [5.41, 5.74) is 15.0. The maximum Gasteiger partial charge on any atom is 0.0716 e. The van der Waals surface area contributed by atoms with Crippen LogP contribution in [0.15, 0.2) is 133 Å². The molecule has 0 spiro atoms. The van der Waals surface area contributed by atoms with E-state index in [0.717, 1.165) is 88.1 Å². The van der Waals surface area contributed by atoms with E-state index in [1.165, 1.54) is 22.3 Å². The van der Waals surface area contributed by atoms with E-state index in [2.05, 4.69) is 204 Å². The van der Waals surface area contributed by atoms with Gasteiger partial charge in [-0.3, -0.25) is 0 Å². The quantitative estimate of drug-likeness (QED) is 0.165. The highest BCUT2D eigenvalue weighted by Crippen LogP contribution is 2.51. The van der Waals surface area contributed by atoms with Crippen molar-refractivity contribution < 1.29 is 0 Å². The fourth-order valence-electron chi connectivity index (χ4n) is 9.15. The molecule has 0 atom stereocenters. The third-order valence-electron chi connectivity index (χ3n) is 13.0. The first-order valence-corrected chi connectivity index (χ1v) is 23.3. The second-order valence-corrected chi connectivity index (χ2v) is 22.6. The Hall–Kier alpha value is -5.54. The summed E-state index contributed by atoms with van der Waals surface area (Å²) in [6, 6.07) is 48.1. The predicted molar refractivity (Wildman–Crippen MR) is 279 cm³/mol. The van der Waals surface area contributed by atoms with E-state index in [4.69, 9.17) is 33.2 Å². The Labute approximate surface area is 389 Å². The van der Waals surface area contributed by atoms with Crippen molar-refractivity contribution in [3.63, 3.8) is 0 Å². The molecule has 9 aromatic rings. The molecule has 0 radical (unpaired) electrons. The number of fused-ring (bicyclic) bond motifs is 4. The molecular formula is C60H58Cl2N2. The van der Waals surface area contributed by atoms with E-state index in [9.17, 15) is 0 Å². The van der Waals surface area contributed by atoms with Crippen LogP contribution in [0.2, 0.25) is 10.0 Å². The van der Waals surface area contributed by atoms with E-state index >= 15 is 0 Å². The summed E-state index contributed by atoms with van der Waals surface area (Å²) in [5.74, 6) is 0. The number of pyridine rings is 2. The summed E-state index contributed by atoms with van der Waals surface area (Å²) in [7, 11) is 0. The van der Waals surface area contributed by atoms with Crippen molar-refractivity contribution in [3.8, 4) is 44.8 Å². The van der Waals surface area contributed by atoms with Crippen molar-refractivity contribution >= 4 is 66.6 Å². The minimum Gasteiger partial charge on any atom is -0.248 e. The van der Waals surface area contributed by atoms with Crippen LogP contribution < -0.4 is 0 Å². The maximum absolute atomic E-state index is 7.57. The fraction of sp³-hybridized carbons (Fsp3) is 0.267. The highest BCUT2D eigenvalue weighted by molar-refractivity contribution is 6.43. The minimum absolute atomic E-state index is 0.0521. The van der Waals surface area contributed by atoms with Crippen molar-refractivity contribution in [1.82, 2.24) is 9.97 Å². The van der Waals surface area contributed by atoms with Crippen LogP contribution in [0.5, 0.6) is 0 Å². The van der Waals surface area contributed by atoms with E-state index in [-0.39, 0.29) is 21.7 Å². The Morgan fingerprint density at radius 2 is 0.656 bits per heavy atom. The molecule has 7 aromatic carbocycles. The highest BCUT2D eigenvalue weighted by Gasteiger charge is 2.27. The molecule has 4 heteroatoms. The first-order valence-electron chi connectivity index (χ1n) is 22.5. The molecule has 0 aliphatic carbocycles. The third-order valence-corrected chi connectivity index (χ3v) is 13.6. The van der Waals surface area contributed by atoms with Crippen LogP contribution in [0, 0.1) is 0 Å². The predicted octanol–water partition coefficient (Wildman–Crippen LogP) is 18.3. The van der Waals surface area contributed by atoms with Crippen molar-refractivity contribution in [2.24, 2.45) is 0 Å². The van der Waals surface area contributed by atoms with Crippen LogP contribution in [0.4, 0.5) is 0 Å². The Kier molecular flexibility index (Phi) is 10.6. The van der Waals surface area contributed by atoms with Gasteiger partial charge in [-0.1, -0.05) is 179 Å². The van der Waals surface area contributed by atoms with E-state index in [1.54, 1.807) is 0 Å². The van der Waals surface area contributed by atoms with Gasteiger partial charge in [0, 0.05) is 42.7 Å². The number of hydrogen-bond acceptors (Lipinski definition) is 2. The van der Waals surface area contributed by atoms with Gasteiger partial charge in [0.05, 0.1) is 22.4 Å². The zero-order valence-corrected chi connectivity index (χ0v) is 40.9. The Balaban J connectivity index is 1.41. The van der Waals surface area contributed by atoms with Crippen LogP contribution in [-0.2, 0) is 21.7 Å². The Morgan fingerprint density at radius 3 is 0.984 bits per heavy atom. The van der Waals surface area contributed by atoms with Gasteiger partial charge in [-0.2, -0.15) is 0 Å². The van der Waals surface area contributed by atoms with Gasteiger partial charge in [0.2, 0.25) is 0 Å². The zero-order valence-electron chi connectivity index (χ0n) is 39.4. The molecular weight excluding hydrogens is 820 g/mol. The molecule has 0 unspecified atom stereocenters. The number of halogens is 2. The number of hydrogen-bond donors (Lipinski definition) is 0. The Bertz CT molecular complexity index is 3040. The summed E-state index contributed by atoms with van der Waals surface area (Å²) in [5, 5.41) is 7.45. The van der Waals surface area contributed by atoms with Gasteiger partial charge in [-0.15, -0.1) is 0 Å². The fourth-order valence-corrected chi connectivity index (χ4v) is 9.68. The molecule has 0 saturated carbocycles.